The fourth-order valence-corrected chi connectivity index (χ4v) is 6.12. The number of aromatic nitrogens is 5. The molecule has 0 bridgehead atoms. The minimum Gasteiger partial charge on any atom is -0.494 e. The van der Waals surface area contributed by atoms with Gasteiger partial charge in [0, 0.05) is 19.7 Å². The van der Waals surface area contributed by atoms with Crippen LogP contribution >= 0.6 is 0 Å². The smallest absolute Gasteiger partial charge is 0.243 e. The number of aliphatic hydroxyl groups is 1. The number of halogens is 1. The summed E-state index contributed by atoms with van der Waals surface area (Å²) in [6, 6.07) is 5.18. The maximum Gasteiger partial charge on any atom is 0.243 e. The molecule has 5 rings (SSSR count). The highest BCUT2D eigenvalue weighted by molar-refractivity contribution is 7.93. The molecule has 3 atom stereocenters. The second kappa shape index (κ2) is 10.7. The summed E-state index contributed by atoms with van der Waals surface area (Å²) in [6.45, 7) is 0.626. The van der Waals surface area contributed by atoms with E-state index in [-0.39, 0.29) is 31.4 Å². The molecule has 0 radical (unpaired) electrons. The monoisotopic (exact) mass is 549 g/mol. The van der Waals surface area contributed by atoms with Gasteiger partial charge in [0.1, 0.15) is 28.5 Å². The molecule has 15 heteroatoms. The standard InChI is InChI=1S/C23H28FN7O6S/c1-35-17-5-3-6-18(36-2)20(17)31-21(19-7-4-8-37-19)27-28-23(31)29-38(33,34)16-9-15(32)12-30(13-16)22-25-10-14(24)11-26-22/h3,5-6,10-11,15-16,19,32H,4,7-9,12-13H2,1-2H3,(H,28,29)/t15-,16-,19+/m1/s1. The number of sulfonamides is 1. The van der Waals surface area contributed by atoms with E-state index in [1.807, 2.05) is 0 Å². The summed E-state index contributed by atoms with van der Waals surface area (Å²) < 4.78 is 61.6. The van der Waals surface area contributed by atoms with Crippen molar-refractivity contribution in [2.75, 3.05) is 43.5 Å². The number of benzene rings is 1. The molecule has 1 aromatic carbocycles. The Balaban J connectivity index is 1.51. The molecule has 0 saturated carbocycles. The summed E-state index contributed by atoms with van der Waals surface area (Å²) in [5.41, 5.74) is 0.413. The van der Waals surface area contributed by atoms with Crippen molar-refractivity contribution in [2.24, 2.45) is 0 Å². The van der Waals surface area contributed by atoms with E-state index in [0.29, 0.717) is 36.0 Å². The van der Waals surface area contributed by atoms with E-state index in [4.69, 9.17) is 14.2 Å². The second-order valence-corrected chi connectivity index (χ2v) is 11.0. The van der Waals surface area contributed by atoms with Crippen LogP contribution in [0.15, 0.2) is 30.6 Å². The van der Waals surface area contributed by atoms with Gasteiger partial charge in [0.25, 0.3) is 0 Å². The van der Waals surface area contributed by atoms with Gasteiger partial charge in [0.15, 0.2) is 11.6 Å². The fourth-order valence-electron chi connectivity index (χ4n) is 4.72. The van der Waals surface area contributed by atoms with E-state index in [2.05, 4.69) is 24.9 Å². The van der Waals surface area contributed by atoms with Crippen molar-refractivity contribution < 1.29 is 32.1 Å². The molecule has 0 unspecified atom stereocenters. The second-order valence-electron chi connectivity index (χ2n) is 8.99. The van der Waals surface area contributed by atoms with Gasteiger partial charge in [-0.05, 0) is 31.4 Å². The summed E-state index contributed by atoms with van der Waals surface area (Å²) in [5, 5.41) is 17.8. The molecule has 0 aliphatic carbocycles. The largest absolute Gasteiger partial charge is 0.494 e. The number of methoxy groups -OCH3 is 2. The van der Waals surface area contributed by atoms with Crippen molar-refractivity contribution >= 4 is 21.9 Å². The van der Waals surface area contributed by atoms with E-state index in [1.54, 1.807) is 18.2 Å². The van der Waals surface area contributed by atoms with Gasteiger partial charge in [-0.1, -0.05) is 6.07 Å². The number of nitrogens with zero attached hydrogens (tertiary/aromatic N) is 6. The first kappa shape index (κ1) is 26.1. The van der Waals surface area contributed by atoms with E-state index < -0.39 is 33.3 Å². The van der Waals surface area contributed by atoms with Crippen LogP contribution in [0, 0.1) is 5.82 Å². The van der Waals surface area contributed by atoms with Crippen LogP contribution in [0.2, 0.25) is 0 Å². The summed E-state index contributed by atoms with van der Waals surface area (Å²) in [7, 11) is -1.14. The summed E-state index contributed by atoms with van der Waals surface area (Å²) >= 11 is 0. The molecule has 0 spiro atoms. The molecule has 2 aliphatic rings. The zero-order valence-corrected chi connectivity index (χ0v) is 21.6. The number of hydrogen-bond donors (Lipinski definition) is 2. The summed E-state index contributed by atoms with van der Waals surface area (Å²) in [6.07, 6.45) is 2.07. The number of para-hydroxylation sites is 1. The van der Waals surface area contributed by atoms with Gasteiger partial charge < -0.3 is 24.2 Å². The lowest BCUT2D eigenvalue weighted by atomic mass is 10.1. The molecule has 2 N–H and O–H groups in total. The van der Waals surface area contributed by atoms with Crippen molar-refractivity contribution in [1.82, 2.24) is 24.7 Å². The van der Waals surface area contributed by atoms with Crippen LogP contribution in [0.4, 0.5) is 16.3 Å². The summed E-state index contributed by atoms with van der Waals surface area (Å²) in [5.74, 6) is 0.641. The molecule has 13 nitrogen and oxygen atoms in total. The lowest BCUT2D eigenvalue weighted by Crippen LogP contribution is -2.50. The van der Waals surface area contributed by atoms with Crippen LogP contribution in [-0.4, -0.2) is 83.5 Å². The molecule has 204 valence electrons. The molecule has 0 amide bonds. The molecule has 2 aliphatic heterocycles. The normalized spacial score (nSPS) is 21.9. The molecule has 2 aromatic heterocycles. The van der Waals surface area contributed by atoms with Crippen molar-refractivity contribution in [2.45, 2.75) is 36.7 Å². The lowest BCUT2D eigenvalue weighted by Gasteiger charge is -2.35. The number of aliphatic hydroxyl groups excluding tert-OH is 1. The first-order valence-electron chi connectivity index (χ1n) is 12.0. The number of rotatable bonds is 8. The third-order valence-electron chi connectivity index (χ3n) is 6.48. The van der Waals surface area contributed by atoms with Crippen molar-refractivity contribution in [1.29, 1.82) is 0 Å². The van der Waals surface area contributed by atoms with Crippen LogP contribution in [0.3, 0.4) is 0 Å². The fraction of sp³-hybridized carbons (Fsp3) is 0.478. The molecule has 4 heterocycles. The molecule has 2 saturated heterocycles. The molecule has 38 heavy (non-hydrogen) atoms. The van der Waals surface area contributed by atoms with Crippen LogP contribution in [0.5, 0.6) is 11.5 Å². The predicted molar refractivity (Wildman–Crippen MR) is 134 cm³/mol. The lowest BCUT2D eigenvalue weighted by molar-refractivity contribution is 0.103. The third kappa shape index (κ3) is 5.08. The SMILES string of the molecule is COc1cccc(OC)c1-n1c(NS(=O)(=O)[C@@H]2C[C@@H](O)CN(c3ncc(F)cn3)C2)nnc1[C@@H]1CCCO1. The number of β-amino-alcohol motifs (C(OH)–C–C–N with tert-alkyl or cyclic N) is 1. The highest BCUT2D eigenvalue weighted by Gasteiger charge is 2.38. The highest BCUT2D eigenvalue weighted by Crippen LogP contribution is 2.39. The Morgan fingerprint density at radius 1 is 1.13 bits per heavy atom. The van der Waals surface area contributed by atoms with Gasteiger partial charge in [-0.3, -0.25) is 9.29 Å². The molecular formula is C23H28FN7O6S. The van der Waals surface area contributed by atoms with Gasteiger partial charge >= 0.3 is 0 Å². The average molecular weight is 550 g/mol. The number of nitrogens with one attached hydrogen (secondary N) is 1. The van der Waals surface area contributed by atoms with E-state index in [9.17, 15) is 17.9 Å². The molecule has 3 aromatic rings. The topological polar surface area (TPSA) is 154 Å². The minimum absolute atomic E-state index is 0.0251. The molecular weight excluding hydrogens is 521 g/mol. The Kier molecular flexibility index (Phi) is 7.32. The van der Waals surface area contributed by atoms with Crippen molar-refractivity contribution in [3.05, 3.63) is 42.2 Å². The first-order chi connectivity index (χ1) is 18.3. The van der Waals surface area contributed by atoms with Gasteiger partial charge in [-0.2, -0.15) is 0 Å². The van der Waals surface area contributed by atoms with Gasteiger partial charge in [0.05, 0.1) is 32.7 Å². The quantitative estimate of drug-likeness (QED) is 0.420. The molecule has 2 fully saturated rings. The summed E-state index contributed by atoms with van der Waals surface area (Å²) in [4.78, 5) is 9.35. The Labute approximate surface area is 218 Å². The van der Waals surface area contributed by atoms with E-state index in [1.165, 1.54) is 23.7 Å². The third-order valence-corrected chi connectivity index (χ3v) is 8.17. The van der Waals surface area contributed by atoms with Gasteiger partial charge in [-0.15, -0.1) is 10.2 Å². The van der Waals surface area contributed by atoms with Crippen molar-refractivity contribution in [3.8, 4) is 17.2 Å². The Morgan fingerprint density at radius 2 is 1.84 bits per heavy atom. The van der Waals surface area contributed by atoms with E-state index in [0.717, 1.165) is 18.8 Å². The predicted octanol–water partition coefficient (Wildman–Crippen LogP) is 1.45. The van der Waals surface area contributed by atoms with Crippen LogP contribution in [0.25, 0.3) is 5.69 Å². The van der Waals surface area contributed by atoms with Crippen LogP contribution in [-0.2, 0) is 14.8 Å². The Bertz CT molecular complexity index is 1360. The zero-order valence-electron chi connectivity index (χ0n) is 20.8. The van der Waals surface area contributed by atoms with Gasteiger partial charge in [0.2, 0.25) is 21.9 Å². The number of ether oxygens (including phenoxy) is 3. The number of anilines is 2. The average Bonchev–Trinajstić information content (AvgIpc) is 3.58. The minimum atomic E-state index is -4.13. The van der Waals surface area contributed by atoms with Crippen LogP contribution in [0.1, 0.15) is 31.2 Å². The Morgan fingerprint density at radius 3 is 2.47 bits per heavy atom. The first-order valence-corrected chi connectivity index (χ1v) is 13.6. The van der Waals surface area contributed by atoms with Crippen molar-refractivity contribution in [3.63, 3.8) is 0 Å². The zero-order chi connectivity index (χ0) is 26.9. The number of piperidine rings is 1. The highest BCUT2D eigenvalue weighted by atomic mass is 32.2. The van der Waals surface area contributed by atoms with Gasteiger partial charge in [-0.25, -0.2) is 22.8 Å². The maximum atomic E-state index is 13.6. The van der Waals surface area contributed by atoms with E-state index >= 15 is 0 Å². The Hall–Kier alpha value is -3.56. The van der Waals surface area contributed by atoms with Crippen LogP contribution < -0.4 is 19.1 Å². The maximum absolute atomic E-state index is 13.6. The number of hydrogen-bond acceptors (Lipinski definition) is 11.